The van der Waals surface area contributed by atoms with Crippen LogP contribution in [0.2, 0.25) is 5.02 Å². The average molecular weight is 308 g/mol. The summed E-state index contributed by atoms with van der Waals surface area (Å²) in [5, 5.41) is 9.60. The molecule has 0 aliphatic carbocycles. The topological polar surface area (TPSA) is 53.5 Å². The number of hydrogen-bond donors (Lipinski definition) is 2. The zero-order valence-corrected chi connectivity index (χ0v) is 12.4. The van der Waals surface area contributed by atoms with Crippen molar-refractivity contribution in [3.63, 3.8) is 0 Å². The smallest absolute Gasteiger partial charge is 0.262 e. The summed E-state index contributed by atoms with van der Waals surface area (Å²) in [6, 6.07) is 10.6. The minimum absolute atomic E-state index is 0.201. The number of nitrogens with zero attached hydrogens (tertiary/aromatic N) is 1. The number of carbonyl (C=O) groups is 1. The van der Waals surface area contributed by atoms with Crippen LogP contribution in [0.3, 0.4) is 0 Å². The van der Waals surface area contributed by atoms with Crippen molar-refractivity contribution < 1.29 is 4.79 Å². The molecule has 0 aliphatic heterocycles. The van der Waals surface area contributed by atoms with Crippen LogP contribution in [-0.2, 0) is 4.79 Å². The molecule has 6 heteroatoms. The highest BCUT2D eigenvalue weighted by atomic mass is 35.5. The summed E-state index contributed by atoms with van der Waals surface area (Å²) in [7, 11) is 0. The molecule has 0 unspecified atom stereocenters. The highest BCUT2D eigenvalue weighted by Gasteiger charge is 2.11. The Hall–Kier alpha value is -1.85. The van der Waals surface area contributed by atoms with Gasteiger partial charge in [0.15, 0.2) is 0 Å². The Morgan fingerprint density at radius 1 is 1.35 bits per heavy atom. The van der Waals surface area contributed by atoms with Gasteiger partial charge in [-0.25, -0.2) is 5.43 Å². The lowest BCUT2D eigenvalue weighted by Crippen LogP contribution is -2.34. The molecule has 0 saturated heterocycles. The number of benzene rings is 1. The maximum absolute atomic E-state index is 11.8. The van der Waals surface area contributed by atoms with E-state index in [2.05, 4.69) is 15.8 Å². The minimum atomic E-state index is -0.392. The molecule has 20 heavy (non-hydrogen) atoms. The first-order valence-electron chi connectivity index (χ1n) is 6.03. The zero-order chi connectivity index (χ0) is 14.4. The molecule has 0 saturated carbocycles. The predicted octanol–water partition coefficient (Wildman–Crippen LogP) is 3.35. The second kappa shape index (κ2) is 7.07. The van der Waals surface area contributed by atoms with Gasteiger partial charge >= 0.3 is 0 Å². The Labute approximate surface area is 126 Å². The van der Waals surface area contributed by atoms with Gasteiger partial charge in [0.1, 0.15) is 6.04 Å². The van der Waals surface area contributed by atoms with Crippen LogP contribution in [0.25, 0.3) is 0 Å². The Bertz CT molecular complexity index is 581. The minimum Gasteiger partial charge on any atom is -0.374 e. The Morgan fingerprint density at radius 2 is 2.10 bits per heavy atom. The van der Waals surface area contributed by atoms with Crippen LogP contribution in [-0.4, -0.2) is 18.2 Å². The van der Waals surface area contributed by atoms with E-state index in [4.69, 9.17) is 11.6 Å². The molecule has 2 N–H and O–H groups in total. The van der Waals surface area contributed by atoms with E-state index in [0.717, 1.165) is 10.6 Å². The van der Waals surface area contributed by atoms with Crippen LogP contribution >= 0.6 is 22.9 Å². The fraction of sp³-hybridized carbons (Fsp3) is 0.143. The number of halogens is 1. The first-order valence-corrected chi connectivity index (χ1v) is 7.29. The molecule has 104 valence electrons. The maximum atomic E-state index is 11.8. The van der Waals surface area contributed by atoms with Crippen molar-refractivity contribution in [3.05, 3.63) is 51.7 Å². The summed E-state index contributed by atoms with van der Waals surface area (Å²) in [5.74, 6) is -0.201. The average Bonchev–Trinajstić information content (AvgIpc) is 2.94. The summed E-state index contributed by atoms with van der Waals surface area (Å²) in [4.78, 5) is 12.8. The summed E-state index contributed by atoms with van der Waals surface area (Å²) in [6.45, 7) is 1.77. The molecule has 0 aliphatic rings. The number of hydrogen-bond acceptors (Lipinski definition) is 4. The molecular weight excluding hydrogens is 294 g/mol. The molecule has 0 bridgehead atoms. The Morgan fingerprint density at radius 3 is 2.75 bits per heavy atom. The third-order valence-corrected chi connectivity index (χ3v) is 3.59. The first kappa shape index (κ1) is 14.6. The second-order valence-corrected chi connectivity index (χ2v) is 5.54. The molecule has 1 aromatic heterocycles. The highest BCUT2D eigenvalue weighted by molar-refractivity contribution is 7.11. The lowest BCUT2D eigenvalue weighted by Gasteiger charge is -2.13. The number of rotatable bonds is 5. The summed E-state index contributed by atoms with van der Waals surface area (Å²) in [5.41, 5.74) is 3.33. The molecule has 1 heterocycles. The SMILES string of the molecule is C[C@@H](Nc1ccc(Cl)cc1)C(=O)N/N=C\c1cccs1. The first-order chi connectivity index (χ1) is 9.65. The summed E-state index contributed by atoms with van der Waals surface area (Å²) < 4.78 is 0. The summed E-state index contributed by atoms with van der Waals surface area (Å²) >= 11 is 7.36. The van der Waals surface area contributed by atoms with Crippen molar-refractivity contribution in [2.45, 2.75) is 13.0 Å². The molecule has 1 amide bonds. The lowest BCUT2D eigenvalue weighted by molar-refractivity contribution is -0.121. The molecule has 2 aromatic rings. The van der Waals surface area contributed by atoms with E-state index >= 15 is 0 Å². The normalized spacial score (nSPS) is 12.3. The standard InChI is InChI=1S/C14H14ClN3OS/c1-10(17-12-6-4-11(15)5-7-12)14(19)18-16-9-13-3-2-8-20-13/h2-10,17H,1H3,(H,18,19)/b16-9-/t10-/m1/s1. The van der Waals surface area contributed by atoms with Crippen molar-refractivity contribution in [2.24, 2.45) is 5.10 Å². The molecule has 2 rings (SSSR count). The van der Waals surface area contributed by atoms with Crippen molar-refractivity contribution >= 4 is 40.7 Å². The van der Waals surface area contributed by atoms with Crippen LogP contribution < -0.4 is 10.7 Å². The molecule has 1 aromatic carbocycles. The van der Waals surface area contributed by atoms with Crippen LogP contribution in [0, 0.1) is 0 Å². The molecule has 0 fully saturated rings. The van der Waals surface area contributed by atoms with Gasteiger partial charge in [0.25, 0.3) is 5.91 Å². The summed E-state index contributed by atoms with van der Waals surface area (Å²) in [6.07, 6.45) is 1.62. The van der Waals surface area contributed by atoms with Gasteiger partial charge in [-0.1, -0.05) is 17.7 Å². The molecule has 0 radical (unpaired) electrons. The number of carbonyl (C=O) groups excluding carboxylic acids is 1. The van der Waals surface area contributed by atoms with Gasteiger partial charge in [-0.3, -0.25) is 4.79 Å². The number of amides is 1. The van der Waals surface area contributed by atoms with E-state index in [1.165, 1.54) is 0 Å². The van der Waals surface area contributed by atoms with Gasteiger partial charge < -0.3 is 5.32 Å². The van der Waals surface area contributed by atoms with Crippen molar-refractivity contribution in [3.8, 4) is 0 Å². The lowest BCUT2D eigenvalue weighted by atomic mass is 10.2. The molecule has 1 atom stereocenters. The maximum Gasteiger partial charge on any atom is 0.262 e. The van der Waals surface area contributed by atoms with Gasteiger partial charge in [0.05, 0.1) is 6.21 Å². The number of anilines is 1. The van der Waals surface area contributed by atoms with E-state index in [-0.39, 0.29) is 5.91 Å². The van der Waals surface area contributed by atoms with Crippen LogP contribution in [0.15, 0.2) is 46.9 Å². The monoisotopic (exact) mass is 307 g/mol. The van der Waals surface area contributed by atoms with Crippen molar-refractivity contribution in [2.75, 3.05) is 5.32 Å². The third kappa shape index (κ3) is 4.36. The van der Waals surface area contributed by atoms with E-state index in [1.807, 2.05) is 29.6 Å². The van der Waals surface area contributed by atoms with E-state index in [0.29, 0.717) is 5.02 Å². The number of hydrazone groups is 1. The Balaban J connectivity index is 1.84. The van der Waals surface area contributed by atoms with Gasteiger partial charge in [-0.15, -0.1) is 11.3 Å². The number of nitrogens with one attached hydrogen (secondary N) is 2. The van der Waals surface area contributed by atoms with Gasteiger partial charge in [-0.2, -0.15) is 5.10 Å². The van der Waals surface area contributed by atoms with Gasteiger partial charge in [-0.05, 0) is 42.6 Å². The third-order valence-electron chi connectivity index (χ3n) is 2.53. The highest BCUT2D eigenvalue weighted by Crippen LogP contribution is 2.14. The van der Waals surface area contributed by atoms with E-state index in [9.17, 15) is 4.79 Å². The van der Waals surface area contributed by atoms with Crippen LogP contribution in [0.4, 0.5) is 5.69 Å². The Kier molecular flexibility index (Phi) is 5.15. The van der Waals surface area contributed by atoms with Crippen molar-refractivity contribution in [1.29, 1.82) is 0 Å². The van der Waals surface area contributed by atoms with Gasteiger partial charge in [0, 0.05) is 15.6 Å². The fourth-order valence-corrected chi connectivity index (χ4v) is 2.19. The van der Waals surface area contributed by atoms with Gasteiger partial charge in [0.2, 0.25) is 0 Å². The van der Waals surface area contributed by atoms with E-state index in [1.54, 1.807) is 36.6 Å². The molecular formula is C14H14ClN3OS. The largest absolute Gasteiger partial charge is 0.374 e. The predicted molar refractivity (Wildman–Crippen MR) is 84.6 cm³/mol. The second-order valence-electron chi connectivity index (χ2n) is 4.12. The van der Waals surface area contributed by atoms with Crippen LogP contribution in [0.1, 0.15) is 11.8 Å². The molecule has 4 nitrogen and oxygen atoms in total. The fourth-order valence-electron chi connectivity index (χ4n) is 1.48. The quantitative estimate of drug-likeness (QED) is 0.657. The molecule has 0 spiro atoms. The zero-order valence-electron chi connectivity index (χ0n) is 10.8. The van der Waals surface area contributed by atoms with Crippen molar-refractivity contribution in [1.82, 2.24) is 5.43 Å². The van der Waals surface area contributed by atoms with E-state index < -0.39 is 6.04 Å². The number of thiophene rings is 1. The van der Waals surface area contributed by atoms with Crippen LogP contribution in [0.5, 0.6) is 0 Å².